The minimum absolute atomic E-state index is 0.00671. The summed E-state index contributed by atoms with van der Waals surface area (Å²) in [6, 6.07) is 9.14. The molecule has 0 amide bonds. The van der Waals surface area contributed by atoms with Gasteiger partial charge in [0.05, 0.1) is 9.82 Å². The first-order chi connectivity index (χ1) is 9.77. The van der Waals surface area contributed by atoms with Crippen molar-refractivity contribution < 1.29 is 18.1 Å². The zero-order valence-corrected chi connectivity index (χ0v) is 12.0. The van der Waals surface area contributed by atoms with Crippen LogP contribution < -0.4 is 9.88 Å². The van der Waals surface area contributed by atoms with Crippen LogP contribution in [-0.4, -0.2) is 13.3 Å². The number of ether oxygens (including phenoxy) is 1. The van der Waals surface area contributed by atoms with Gasteiger partial charge in [0, 0.05) is 11.1 Å². The third kappa shape index (κ3) is 3.69. The molecule has 0 bridgehead atoms. The van der Waals surface area contributed by atoms with E-state index in [9.17, 15) is 18.5 Å². The number of nitro benzene ring substituents is 1. The molecule has 0 saturated heterocycles. The number of halogens is 1. The zero-order chi connectivity index (χ0) is 15.6. The molecule has 9 heteroatoms. The first-order valence-corrected chi connectivity index (χ1v) is 7.44. The molecule has 0 aliphatic rings. The maximum atomic E-state index is 11.1. The number of primary sulfonamides is 1. The van der Waals surface area contributed by atoms with Gasteiger partial charge in [-0.2, -0.15) is 0 Å². The van der Waals surface area contributed by atoms with Crippen molar-refractivity contribution in [3.63, 3.8) is 0 Å². The summed E-state index contributed by atoms with van der Waals surface area (Å²) in [6.45, 7) is 0. The highest BCUT2D eigenvalue weighted by Gasteiger charge is 2.16. The maximum absolute atomic E-state index is 11.1. The molecule has 21 heavy (non-hydrogen) atoms. The summed E-state index contributed by atoms with van der Waals surface area (Å²) < 4.78 is 27.6. The number of benzene rings is 2. The first-order valence-electron chi connectivity index (χ1n) is 5.52. The van der Waals surface area contributed by atoms with Gasteiger partial charge in [0.1, 0.15) is 5.75 Å². The van der Waals surface area contributed by atoms with Gasteiger partial charge in [0.15, 0.2) is 0 Å². The van der Waals surface area contributed by atoms with Crippen LogP contribution in [0.15, 0.2) is 47.4 Å². The fraction of sp³-hybridized carbons (Fsp3) is 0. The number of rotatable bonds is 4. The van der Waals surface area contributed by atoms with Crippen LogP contribution in [0.1, 0.15) is 0 Å². The van der Waals surface area contributed by atoms with E-state index < -0.39 is 14.9 Å². The van der Waals surface area contributed by atoms with Gasteiger partial charge >= 0.3 is 5.69 Å². The number of hydrogen-bond acceptors (Lipinski definition) is 5. The summed E-state index contributed by atoms with van der Waals surface area (Å²) in [4.78, 5) is 10.2. The van der Waals surface area contributed by atoms with Gasteiger partial charge in [-0.3, -0.25) is 10.1 Å². The molecule has 0 aliphatic heterocycles. The molecule has 2 aromatic rings. The normalized spacial score (nSPS) is 11.1. The fourth-order valence-electron chi connectivity index (χ4n) is 1.54. The average Bonchev–Trinajstić information content (AvgIpc) is 2.40. The second-order valence-electron chi connectivity index (χ2n) is 3.99. The third-order valence-electron chi connectivity index (χ3n) is 2.50. The molecule has 7 nitrogen and oxygen atoms in total. The Morgan fingerprint density at radius 1 is 1.14 bits per heavy atom. The van der Waals surface area contributed by atoms with E-state index in [4.69, 9.17) is 21.5 Å². The Morgan fingerprint density at radius 2 is 1.76 bits per heavy atom. The predicted octanol–water partition coefficient (Wildman–Crippen LogP) is 2.69. The highest BCUT2D eigenvalue weighted by molar-refractivity contribution is 7.89. The smallest absolute Gasteiger partial charge is 0.313 e. The van der Waals surface area contributed by atoms with E-state index in [2.05, 4.69) is 0 Å². The van der Waals surface area contributed by atoms with Gasteiger partial charge in [0.2, 0.25) is 15.8 Å². The van der Waals surface area contributed by atoms with Crippen LogP contribution in [0, 0.1) is 10.1 Å². The third-order valence-corrected chi connectivity index (χ3v) is 3.66. The van der Waals surface area contributed by atoms with Gasteiger partial charge in [-0.1, -0.05) is 11.6 Å². The summed E-state index contributed by atoms with van der Waals surface area (Å²) in [5, 5.41) is 16.1. The molecular weight excluding hydrogens is 320 g/mol. The van der Waals surface area contributed by atoms with Gasteiger partial charge < -0.3 is 4.74 Å². The maximum Gasteiger partial charge on any atom is 0.313 e. The molecule has 110 valence electrons. The Morgan fingerprint density at radius 3 is 2.29 bits per heavy atom. The number of nitro groups is 1. The highest BCUT2D eigenvalue weighted by atomic mass is 35.5. The van der Waals surface area contributed by atoms with Gasteiger partial charge in [-0.05, 0) is 36.4 Å². The Hall–Kier alpha value is -2.16. The Labute approximate surface area is 125 Å². The van der Waals surface area contributed by atoms with E-state index in [0.717, 1.165) is 6.07 Å². The lowest BCUT2D eigenvalue weighted by Crippen LogP contribution is -2.11. The minimum atomic E-state index is -3.80. The van der Waals surface area contributed by atoms with Crippen LogP contribution in [0.5, 0.6) is 11.5 Å². The second kappa shape index (κ2) is 5.68. The molecule has 0 spiro atoms. The molecule has 2 N–H and O–H groups in total. The number of sulfonamides is 1. The van der Waals surface area contributed by atoms with E-state index >= 15 is 0 Å². The van der Waals surface area contributed by atoms with Crippen molar-refractivity contribution in [1.82, 2.24) is 0 Å². The summed E-state index contributed by atoms with van der Waals surface area (Å²) in [6.07, 6.45) is 0. The highest BCUT2D eigenvalue weighted by Crippen LogP contribution is 2.33. The van der Waals surface area contributed by atoms with Crippen molar-refractivity contribution in [3.8, 4) is 11.5 Å². The van der Waals surface area contributed by atoms with E-state index in [1.165, 1.54) is 36.4 Å². The topological polar surface area (TPSA) is 113 Å². The molecule has 0 radical (unpaired) electrons. The fourth-order valence-corrected chi connectivity index (χ4v) is 2.23. The van der Waals surface area contributed by atoms with E-state index in [0.29, 0.717) is 0 Å². The van der Waals surface area contributed by atoms with Gasteiger partial charge in [-0.15, -0.1) is 0 Å². The van der Waals surface area contributed by atoms with Crippen LogP contribution in [0.3, 0.4) is 0 Å². The van der Waals surface area contributed by atoms with Crippen molar-refractivity contribution in [2.24, 2.45) is 5.14 Å². The Kier molecular flexibility index (Phi) is 4.12. The summed E-state index contributed by atoms with van der Waals surface area (Å²) in [5.74, 6) is 0.223. The van der Waals surface area contributed by atoms with Crippen LogP contribution in [0.2, 0.25) is 5.02 Å². The zero-order valence-electron chi connectivity index (χ0n) is 10.4. The van der Waals surface area contributed by atoms with E-state index in [1.807, 2.05) is 0 Å². The van der Waals surface area contributed by atoms with Crippen molar-refractivity contribution in [2.75, 3.05) is 0 Å². The summed E-state index contributed by atoms with van der Waals surface area (Å²) >= 11 is 5.69. The molecule has 0 heterocycles. The van der Waals surface area contributed by atoms with Crippen molar-refractivity contribution >= 4 is 27.3 Å². The Bertz CT molecular complexity index is 790. The number of nitrogens with zero attached hydrogens (tertiary/aromatic N) is 1. The molecule has 2 aromatic carbocycles. The molecule has 0 aliphatic carbocycles. The standard InChI is InChI=1S/C12H9ClN2O5S/c13-8-1-6-12(11(7-8)15(16)17)20-9-2-4-10(5-3-9)21(14,18)19/h1-7H,(H2,14,18,19). The number of nitrogens with two attached hydrogens (primary N) is 1. The molecule has 2 rings (SSSR count). The second-order valence-corrected chi connectivity index (χ2v) is 5.99. The monoisotopic (exact) mass is 328 g/mol. The van der Waals surface area contributed by atoms with E-state index in [-0.39, 0.29) is 27.1 Å². The lowest BCUT2D eigenvalue weighted by molar-refractivity contribution is -0.385. The summed E-state index contributed by atoms with van der Waals surface area (Å²) in [5.41, 5.74) is -0.293. The number of hydrogen-bond donors (Lipinski definition) is 1. The minimum Gasteiger partial charge on any atom is -0.450 e. The lowest BCUT2D eigenvalue weighted by Gasteiger charge is -2.07. The van der Waals surface area contributed by atoms with Crippen molar-refractivity contribution in [2.45, 2.75) is 4.90 Å². The van der Waals surface area contributed by atoms with Crippen LogP contribution in [-0.2, 0) is 10.0 Å². The predicted molar refractivity (Wildman–Crippen MR) is 76.0 cm³/mol. The SMILES string of the molecule is NS(=O)(=O)c1ccc(Oc2ccc(Cl)cc2[N+](=O)[O-])cc1. The average molecular weight is 329 g/mol. The van der Waals surface area contributed by atoms with Crippen LogP contribution >= 0.6 is 11.6 Å². The quantitative estimate of drug-likeness (QED) is 0.684. The molecule has 0 atom stereocenters. The first kappa shape index (κ1) is 15.2. The summed E-state index contributed by atoms with van der Waals surface area (Å²) in [7, 11) is -3.80. The molecule has 0 fully saturated rings. The van der Waals surface area contributed by atoms with Crippen molar-refractivity contribution in [1.29, 1.82) is 0 Å². The molecule has 0 unspecified atom stereocenters. The molecular formula is C12H9ClN2O5S. The molecule has 0 saturated carbocycles. The van der Waals surface area contributed by atoms with Crippen molar-refractivity contribution in [3.05, 3.63) is 57.6 Å². The lowest BCUT2D eigenvalue weighted by atomic mass is 10.3. The van der Waals surface area contributed by atoms with Gasteiger partial charge in [-0.25, -0.2) is 13.6 Å². The molecule has 0 aromatic heterocycles. The van der Waals surface area contributed by atoms with Crippen LogP contribution in [0.25, 0.3) is 0 Å². The largest absolute Gasteiger partial charge is 0.450 e. The van der Waals surface area contributed by atoms with E-state index in [1.54, 1.807) is 0 Å². The van der Waals surface area contributed by atoms with Gasteiger partial charge in [0.25, 0.3) is 0 Å². The van der Waals surface area contributed by atoms with Crippen LogP contribution in [0.4, 0.5) is 5.69 Å². The Balaban J connectivity index is 2.33.